The van der Waals surface area contributed by atoms with Crippen LogP contribution in [-0.4, -0.2) is 20.1 Å². The number of aryl methyl sites for hydroxylation is 1. The minimum absolute atomic E-state index is 0.0420. The highest BCUT2D eigenvalue weighted by atomic mass is 35.5. The van der Waals surface area contributed by atoms with E-state index in [9.17, 15) is 13.2 Å². The number of benzene rings is 1. The highest BCUT2D eigenvalue weighted by molar-refractivity contribution is 7.89. The first kappa shape index (κ1) is 19.0. The predicted octanol–water partition coefficient (Wildman–Crippen LogP) is 3.33. The Morgan fingerprint density at radius 2 is 1.77 bits per heavy atom. The van der Waals surface area contributed by atoms with Gasteiger partial charge in [-0.05, 0) is 51.8 Å². The van der Waals surface area contributed by atoms with Crippen LogP contribution in [0.25, 0.3) is 0 Å². The molecular weight excluding hydrogens is 351 g/mol. The van der Waals surface area contributed by atoms with Gasteiger partial charge in [0.15, 0.2) is 0 Å². The summed E-state index contributed by atoms with van der Waals surface area (Å²) < 4.78 is 29.6. The molecule has 1 amide bonds. The van der Waals surface area contributed by atoms with Gasteiger partial charge in [-0.25, -0.2) is 18.6 Å². The molecule has 0 heterocycles. The largest absolute Gasteiger partial charge is 0.443 e. The molecule has 9 heteroatoms. The van der Waals surface area contributed by atoms with Crippen molar-refractivity contribution in [2.75, 3.05) is 0 Å². The minimum atomic E-state index is -4.10. The molecule has 1 rings (SSSR count). The average Bonchev–Trinajstić information content (AvgIpc) is 2.32. The highest BCUT2D eigenvalue weighted by Gasteiger charge is 2.25. The summed E-state index contributed by atoms with van der Waals surface area (Å²) >= 11 is 12.0. The second-order valence-electron chi connectivity index (χ2n) is 5.68. The molecule has 0 saturated carbocycles. The van der Waals surface area contributed by atoms with Crippen molar-refractivity contribution in [2.45, 2.75) is 45.1 Å². The first-order chi connectivity index (χ1) is 9.85. The molecule has 0 fully saturated rings. The number of amides is 1. The third kappa shape index (κ3) is 4.74. The van der Waals surface area contributed by atoms with Gasteiger partial charge in [0.25, 0.3) is 10.0 Å². The lowest BCUT2D eigenvalue weighted by molar-refractivity contribution is 0.0515. The summed E-state index contributed by atoms with van der Waals surface area (Å²) in [4.78, 5) is 13.3. The molecule has 0 aliphatic heterocycles. The Kier molecular flexibility index (Phi) is 5.72. The van der Waals surface area contributed by atoms with Gasteiger partial charge in [0, 0.05) is 5.02 Å². The standard InChI is InChI=1S/C13H18Cl2N2O4S/c1-7-6-9(14)8(2)11(10(7)15)22(19,20)17-16-12(18)21-13(3,4)5/h6,17H,1-5H3,(H,16,18). The van der Waals surface area contributed by atoms with Gasteiger partial charge in [-0.2, -0.15) is 0 Å². The molecule has 1 aromatic rings. The van der Waals surface area contributed by atoms with Crippen LogP contribution >= 0.6 is 23.2 Å². The molecular formula is C13H18Cl2N2O4S. The Bertz CT molecular complexity index is 671. The molecule has 0 radical (unpaired) electrons. The van der Waals surface area contributed by atoms with Crippen LogP contribution in [0.5, 0.6) is 0 Å². The average molecular weight is 369 g/mol. The third-order valence-corrected chi connectivity index (χ3v) is 4.95. The molecule has 0 saturated heterocycles. The van der Waals surface area contributed by atoms with Crippen LogP contribution < -0.4 is 10.3 Å². The van der Waals surface area contributed by atoms with Crippen molar-refractivity contribution in [3.05, 3.63) is 27.2 Å². The molecule has 6 nitrogen and oxygen atoms in total. The van der Waals surface area contributed by atoms with Crippen molar-refractivity contribution in [3.8, 4) is 0 Å². The van der Waals surface area contributed by atoms with Gasteiger partial charge in [-0.15, -0.1) is 4.83 Å². The first-order valence-corrected chi connectivity index (χ1v) is 8.55. The maximum Gasteiger partial charge on any atom is 0.423 e. The Balaban J connectivity index is 3.05. The number of hydrogen-bond acceptors (Lipinski definition) is 4. The van der Waals surface area contributed by atoms with Gasteiger partial charge in [0.2, 0.25) is 0 Å². The van der Waals surface area contributed by atoms with E-state index in [1.807, 2.05) is 10.3 Å². The molecule has 1 aromatic carbocycles. The van der Waals surface area contributed by atoms with Crippen LogP contribution in [-0.2, 0) is 14.8 Å². The van der Waals surface area contributed by atoms with Gasteiger partial charge in [0.05, 0.1) is 5.02 Å². The van der Waals surface area contributed by atoms with E-state index in [-0.39, 0.29) is 20.5 Å². The van der Waals surface area contributed by atoms with E-state index in [4.69, 9.17) is 27.9 Å². The lowest BCUT2D eigenvalue weighted by Crippen LogP contribution is -2.44. The molecule has 2 N–H and O–H groups in total. The lowest BCUT2D eigenvalue weighted by atomic mass is 10.2. The number of ether oxygens (including phenoxy) is 1. The second kappa shape index (κ2) is 6.62. The summed E-state index contributed by atoms with van der Waals surface area (Å²) in [5.74, 6) is 0. The van der Waals surface area contributed by atoms with E-state index in [1.54, 1.807) is 33.8 Å². The Morgan fingerprint density at radius 1 is 1.23 bits per heavy atom. The summed E-state index contributed by atoms with van der Waals surface area (Å²) in [7, 11) is -4.10. The van der Waals surface area contributed by atoms with Crippen molar-refractivity contribution in [1.82, 2.24) is 10.3 Å². The Labute approximate surface area is 140 Å². The van der Waals surface area contributed by atoms with Crippen molar-refractivity contribution < 1.29 is 17.9 Å². The zero-order valence-corrected chi connectivity index (χ0v) is 15.2. The number of hydrogen-bond donors (Lipinski definition) is 2. The summed E-state index contributed by atoms with van der Waals surface area (Å²) in [5.41, 5.74) is 2.01. The third-order valence-electron chi connectivity index (χ3n) is 2.54. The molecule has 0 aliphatic rings. The number of carbonyl (C=O) groups is 1. The van der Waals surface area contributed by atoms with E-state index in [0.717, 1.165) is 0 Å². The van der Waals surface area contributed by atoms with Crippen LogP contribution in [0.3, 0.4) is 0 Å². The number of rotatable bonds is 3. The summed E-state index contributed by atoms with van der Waals surface area (Å²) in [6, 6.07) is 1.57. The summed E-state index contributed by atoms with van der Waals surface area (Å²) in [6.07, 6.45) is -0.927. The molecule has 0 unspecified atom stereocenters. The monoisotopic (exact) mass is 368 g/mol. The van der Waals surface area contributed by atoms with Crippen LogP contribution in [0, 0.1) is 13.8 Å². The normalized spacial score (nSPS) is 12.1. The van der Waals surface area contributed by atoms with Gasteiger partial charge < -0.3 is 4.74 Å². The quantitative estimate of drug-likeness (QED) is 0.801. The molecule has 0 atom stereocenters. The fraction of sp³-hybridized carbons (Fsp3) is 0.462. The summed E-state index contributed by atoms with van der Waals surface area (Å²) in [5, 5.41) is 0.305. The maximum atomic E-state index is 12.3. The predicted molar refractivity (Wildman–Crippen MR) is 85.6 cm³/mol. The van der Waals surface area contributed by atoms with Crippen molar-refractivity contribution in [1.29, 1.82) is 0 Å². The molecule has 22 heavy (non-hydrogen) atoms. The SMILES string of the molecule is Cc1cc(Cl)c(C)c(S(=O)(=O)NNC(=O)OC(C)(C)C)c1Cl. The second-order valence-corrected chi connectivity index (χ2v) is 8.08. The van der Waals surface area contributed by atoms with Crippen molar-refractivity contribution in [2.24, 2.45) is 0 Å². The van der Waals surface area contributed by atoms with Crippen LogP contribution in [0.15, 0.2) is 11.0 Å². The number of nitrogens with one attached hydrogen (secondary N) is 2. The molecule has 0 bridgehead atoms. The van der Waals surface area contributed by atoms with Gasteiger partial charge in [0.1, 0.15) is 10.5 Å². The lowest BCUT2D eigenvalue weighted by Gasteiger charge is -2.20. The number of sulfonamides is 1. The topological polar surface area (TPSA) is 84.5 Å². The van der Waals surface area contributed by atoms with E-state index in [2.05, 4.69) is 0 Å². The number of hydrazine groups is 1. The van der Waals surface area contributed by atoms with E-state index in [0.29, 0.717) is 5.56 Å². The molecule has 0 aliphatic carbocycles. The Hall–Kier alpha value is -1.02. The summed E-state index contributed by atoms with van der Waals surface area (Å²) in [6.45, 7) is 8.12. The van der Waals surface area contributed by atoms with Gasteiger partial charge in [-0.3, -0.25) is 0 Å². The van der Waals surface area contributed by atoms with Crippen molar-refractivity contribution >= 4 is 39.3 Å². The van der Waals surface area contributed by atoms with Gasteiger partial charge >= 0.3 is 6.09 Å². The Morgan fingerprint density at radius 3 is 2.27 bits per heavy atom. The minimum Gasteiger partial charge on any atom is -0.443 e. The van der Waals surface area contributed by atoms with Crippen LogP contribution in [0.1, 0.15) is 31.9 Å². The first-order valence-electron chi connectivity index (χ1n) is 6.31. The van der Waals surface area contributed by atoms with E-state index < -0.39 is 21.7 Å². The maximum absolute atomic E-state index is 12.3. The van der Waals surface area contributed by atoms with E-state index in [1.165, 1.54) is 6.92 Å². The zero-order chi connectivity index (χ0) is 17.3. The molecule has 0 aromatic heterocycles. The smallest absolute Gasteiger partial charge is 0.423 e. The van der Waals surface area contributed by atoms with Crippen LogP contribution in [0.2, 0.25) is 10.0 Å². The van der Waals surface area contributed by atoms with Crippen LogP contribution in [0.4, 0.5) is 4.79 Å². The van der Waals surface area contributed by atoms with Crippen molar-refractivity contribution in [3.63, 3.8) is 0 Å². The molecule has 0 spiro atoms. The fourth-order valence-corrected chi connectivity index (χ4v) is 3.64. The highest BCUT2D eigenvalue weighted by Crippen LogP contribution is 2.33. The van der Waals surface area contributed by atoms with Gasteiger partial charge in [-0.1, -0.05) is 23.2 Å². The fourth-order valence-electron chi connectivity index (χ4n) is 1.60. The number of halogens is 2. The van der Waals surface area contributed by atoms with E-state index >= 15 is 0 Å². The zero-order valence-electron chi connectivity index (χ0n) is 12.9. The molecule has 124 valence electrons. The number of carbonyl (C=O) groups excluding carboxylic acids is 1.